The monoisotopic (exact) mass is 246 g/mol. The summed E-state index contributed by atoms with van der Waals surface area (Å²) in [5.74, 6) is 0.794. The predicted molar refractivity (Wildman–Crippen MR) is 57.8 cm³/mol. The van der Waals surface area contributed by atoms with Crippen LogP contribution in [0.15, 0.2) is 28.7 Å². The summed E-state index contributed by atoms with van der Waals surface area (Å²) in [6.45, 7) is 0.145. The minimum atomic E-state index is 0.129. The van der Waals surface area contributed by atoms with Gasteiger partial charge in [0.05, 0.1) is 6.61 Å². The van der Waals surface area contributed by atoms with Gasteiger partial charge in [0.2, 0.25) is 0 Å². The molecule has 1 rings (SSSR count). The maximum atomic E-state index is 9.03. The maximum absolute atomic E-state index is 9.03. The van der Waals surface area contributed by atoms with Crippen LogP contribution in [0.3, 0.4) is 0 Å². The van der Waals surface area contributed by atoms with Crippen LogP contribution in [0.2, 0.25) is 0 Å². The standard InChI is InChI=1S/C9H11BrOS/c10-9-4-2-1-3-8(9)7(5-11)6-12/h1-4,7,11-12H,5-6H2. The van der Waals surface area contributed by atoms with Gasteiger partial charge in [-0.15, -0.1) is 0 Å². The van der Waals surface area contributed by atoms with E-state index in [1.165, 1.54) is 0 Å². The number of aliphatic hydroxyl groups excluding tert-OH is 1. The van der Waals surface area contributed by atoms with Crippen LogP contribution in [-0.4, -0.2) is 17.5 Å². The second kappa shape index (κ2) is 4.90. The molecule has 0 aliphatic heterocycles. The molecule has 1 N–H and O–H groups in total. The molecule has 1 atom stereocenters. The van der Waals surface area contributed by atoms with E-state index in [0.29, 0.717) is 5.75 Å². The Balaban J connectivity index is 2.92. The van der Waals surface area contributed by atoms with Gasteiger partial charge in [0, 0.05) is 10.4 Å². The zero-order valence-electron chi connectivity index (χ0n) is 6.57. The molecule has 0 heterocycles. The Morgan fingerprint density at radius 3 is 2.58 bits per heavy atom. The third-order valence-electron chi connectivity index (χ3n) is 1.79. The van der Waals surface area contributed by atoms with Gasteiger partial charge >= 0.3 is 0 Å². The lowest BCUT2D eigenvalue weighted by Gasteiger charge is -2.12. The molecule has 66 valence electrons. The van der Waals surface area contributed by atoms with E-state index in [0.717, 1.165) is 10.0 Å². The molecule has 0 saturated carbocycles. The summed E-state index contributed by atoms with van der Waals surface area (Å²) in [6.07, 6.45) is 0. The number of thiol groups is 1. The SMILES string of the molecule is OCC(CS)c1ccccc1Br. The van der Waals surface area contributed by atoms with E-state index in [9.17, 15) is 0 Å². The van der Waals surface area contributed by atoms with Gasteiger partial charge in [-0.2, -0.15) is 12.6 Å². The molecule has 1 unspecified atom stereocenters. The lowest BCUT2D eigenvalue weighted by Crippen LogP contribution is -2.06. The minimum Gasteiger partial charge on any atom is -0.396 e. The highest BCUT2D eigenvalue weighted by Gasteiger charge is 2.10. The Labute approximate surface area is 86.3 Å². The Kier molecular flexibility index (Phi) is 4.12. The van der Waals surface area contributed by atoms with Gasteiger partial charge in [0.15, 0.2) is 0 Å². The highest BCUT2D eigenvalue weighted by molar-refractivity contribution is 9.10. The fraction of sp³-hybridized carbons (Fsp3) is 0.333. The van der Waals surface area contributed by atoms with E-state index in [2.05, 4.69) is 28.6 Å². The molecule has 0 fully saturated rings. The zero-order chi connectivity index (χ0) is 8.97. The summed E-state index contributed by atoms with van der Waals surface area (Å²) >= 11 is 7.61. The first-order valence-electron chi connectivity index (χ1n) is 3.75. The van der Waals surface area contributed by atoms with Crippen molar-refractivity contribution in [3.8, 4) is 0 Å². The highest BCUT2D eigenvalue weighted by atomic mass is 79.9. The summed E-state index contributed by atoms with van der Waals surface area (Å²) < 4.78 is 1.04. The maximum Gasteiger partial charge on any atom is 0.0508 e. The van der Waals surface area contributed by atoms with E-state index in [1.54, 1.807) is 0 Å². The Morgan fingerprint density at radius 1 is 1.42 bits per heavy atom. The van der Waals surface area contributed by atoms with Gasteiger partial charge in [-0.05, 0) is 17.4 Å². The molecule has 0 radical (unpaired) electrons. The molecule has 0 saturated heterocycles. The van der Waals surface area contributed by atoms with Crippen molar-refractivity contribution < 1.29 is 5.11 Å². The molecule has 0 amide bonds. The fourth-order valence-electron chi connectivity index (χ4n) is 1.06. The highest BCUT2D eigenvalue weighted by Crippen LogP contribution is 2.25. The fourth-order valence-corrected chi connectivity index (χ4v) is 1.98. The lowest BCUT2D eigenvalue weighted by molar-refractivity contribution is 0.274. The molecule has 3 heteroatoms. The Hall–Kier alpha value is 0.01000. The predicted octanol–water partition coefficient (Wildman–Crippen LogP) is 2.45. The minimum absolute atomic E-state index is 0.129. The topological polar surface area (TPSA) is 20.2 Å². The van der Waals surface area contributed by atoms with E-state index < -0.39 is 0 Å². The van der Waals surface area contributed by atoms with E-state index in [4.69, 9.17) is 5.11 Å². The summed E-state index contributed by atoms with van der Waals surface area (Å²) in [6, 6.07) is 7.90. The van der Waals surface area contributed by atoms with Gasteiger partial charge in [-0.1, -0.05) is 34.1 Å². The van der Waals surface area contributed by atoms with Crippen molar-refractivity contribution in [2.45, 2.75) is 5.92 Å². The van der Waals surface area contributed by atoms with E-state index in [1.807, 2.05) is 24.3 Å². The Bertz CT molecular complexity index is 248. The van der Waals surface area contributed by atoms with Crippen LogP contribution in [0.5, 0.6) is 0 Å². The first-order chi connectivity index (χ1) is 5.79. The van der Waals surface area contributed by atoms with Crippen molar-refractivity contribution in [1.29, 1.82) is 0 Å². The first-order valence-corrected chi connectivity index (χ1v) is 5.18. The summed E-state index contributed by atoms with van der Waals surface area (Å²) in [4.78, 5) is 0. The van der Waals surface area contributed by atoms with Crippen LogP contribution in [0.1, 0.15) is 11.5 Å². The Morgan fingerprint density at radius 2 is 2.08 bits per heavy atom. The molecule has 1 aromatic carbocycles. The van der Waals surface area contributed by atoms with Crippen molar-refractivity contribution in [2.75, 3.05) is 12.4 Å². The number of benzene rings is 1. The van der Waals surface area contributed by atoms with Crippen LogP contribution in [-0.2, 0) is 0 Å². The van der Waals surface area contributed by atoms with E-state index in [-0.39, 0.29) is 12.5 Å². The van der Waals surface area contributed by atoms with Crippen LogP contribution in [0.25, 0.3) is 0 Å². The molecule has 12 heavy (non-hydrogen) atoms. The van der Waals surface area contributed by atoms with Crippen LogP contribution in [0.4, 0.5) is 0 Å². The molecule has 1 nitrogen and oxygen atoms in total. The molecular weight excluding hydrogens is 236 g/mol. The molecule has 0 spiro atoms. The van der Waals surface area contributed by atoms with Gasteiger partial charge in [0.25, 0.3) is 0 Å². The normalized spacial score (nSPS) is 12.9. The van der Waals surface area contributed by atoms with Crippen LogP contribution in [0, 0.1) is 0 Å². The van der Waals surface area contributed by atoms with Gasteiger partial charge < -0.3 is 5.11 Å². The van der Waals surface area contributed by atoms with Crippen molar-refractivity contribution in [2.24, 2.45) is 0 Å². The average Bonchev–Trinajstić information content (AvgIpc) is 2.10. The number of hydrogen-bond donors (Lipinski definition) is 2. The molecule has 0 aliphatic carbocycles. The third kappa shape index (κ3) is 2.25. The van der Waals surface area contributed by atoms with E-state index >= 15 is 0 Å². The average molecular weight is 247 g/mol. The van der Waals surface area contributed by atoms with Crippen molar-refractivity contribution >= 4 is 28.6 Å². The molecule has 0 bridgehead atoms. The smallest absolute Gasteiger partial charge is 0.0508 e. The molecule has 0 aliphatic rings. The van der Waals surface area contributed by atoms with Crippen molar-refractivity contribution in [3.63, 3.8) is 0 Å². The molecule has 0 aromatic heterocycles. The van der Waals surface area contributed by atoms with Crippen LogP contribution < -0.4 is 0 Å². The number of rotatable bonds is 3. The zero-order valence-corrected chi connectivity index (χ0v) is 9.05. The summed E-state index contributed by atoms with van der Waals surface area (Å²) in [7, 11) is 0. The second-order valence-electron chi connectivity index (χ2n) is 2.58. The first kappa shape index (κ1) is 10.1. The van der Waals surface area contributed by atoms with Gasteiger partial charge in [0.1, 0.15) is 0 Å². The van der Waals surface area contributed by atoms with Gasteiger partial charge in [-0.3, -0.25) is 0 Å². The molecular formula is C9H11BrOS. The number of aliphatic hydroxyl groups is 1. The second-order valence-corrected chi connectivity index (χ2v) is 3.80. The quantitative estimate of drug-likeness (QED) is 0.786. The summed E-state index contributed by atoms with van der Waals surface area (Å²) in [5, 5.41) is 9.03. The number of hydrogen-bond acceptors (Lipinski definition) is 2. The van der Waals surface area contributed by atoms with Crippen LogP contribution >= 0.6 is 28.6 Å². The molecule has 1 aromatic rings. The largest absolute Gasteiger partial charge is 0.396 e. The van der Waals surface area contributed by atoms with Crippen molar-refractivity contribution in [3.05, 3.63) is 34.3 Å². The third-order valence-corrected chi connectivity index (χ3v) is 2.95. The number of halogens is 1. The lowest BCUT2D eigenvalue weighted by atomic mass is 10.0. The van der Waals surface area contributed by atoms with Gasteiger partial charge in [-0.25, -0.2) is 0 Å². The summed E-state index contributed by atoms with van der Waals surface area (Å²) in [5.41, 5.74) is 1.12. The van der Waals surface area contributed by atoms with Crippen molar-refractivity contribution in [1.82, 2.24) is 0 Å².